The number of likely N-dealkylation sites (tertiary alicyclic amines) is 1. The minimum absolute atomic E-state index is 0.172. The van der Waals surface area contributed by atoms with Crippen molar-refractivity contribution < 1.29 is 19.2 Å². The molecule has 3 unspecified atom stereocenters. The molecule has 0 aromatic heterocycles. The summed E-state index contributed by atoms with van der Waals surface area (Å²) in [6, 6.07) is 16.8. The van der Waals surface area contributed by atoms with Gasteiger partial charge in [0.15, 0.2) is 0 Å². The number of hydrogen-bond acceptors (Lipinski definition) is 6. The van der Waals surface area contributed by atoms with Gasteiger partial charge in [-0.3, -0.25) is 14.4 Å². The summed E-state index contributed by atoms with van der Waals surface area (Å²) in [4.78, 5) is 50.6. The molecule has 2 aromatic rings. The van der Waals surface area contributed by atoms with Crippen molar-refractivity contribution >= 4 is 41.3 Å². The first kappa shape index (κ1) is 35.1. The van der Waals surface area contributed by atoms with Gasteiger partial charge < -0.3 is 25.2 Å². The van der Waals surface area contributed by atoms with Crippen LogP contribution in [0.5, 0.6) is 0 Å². The number of anilines is 1. The predicted octanol–water partition coefficient (Wildman–Crippen LogP) is 4.64. The van der Waals surface area contributed by atoms with Crippen LogP contribution in [0.2, 0.25) is 5.02 Å². The van der Waals surface area contributed by atoms with Gasteiger partial charge in [0, 0.05) is 42.8 Å². The van der Waals surface area contributed by atoms with Crippen molar-refractivity contribution in [1.82, 2.24) is 15.1 Å². The molecule has 0 aliphatic carbocycles. The molecule has 0 saturated carbocycles. The number of likely N-dealkylation sites (N-methyl/N-ethyl adjacent to an activating group) is 1. The second-order valence-electron chi connectivity index (χ2n) is 11.3. The first-order chi connectivity index (χ1) is 19.2. The third-order valence-corrected chi connectivity index (χ3v) is 5.88. The van der Waals surface area contributed by atoms with Crippen LogP contribution in [0.1, 0.15) is 51.4 Å². The number of rotatable bonds is 7. The largest absolute Gasteiger partial charge is 0.388 e. The molecule has 1 fully saturated rings. The fourth-order valence-electron chi connectivity index (χ4n) is 3.62. The van der Waals surface area contributed by atoms with Crippen molar-refractivity contribution in [2.75, 3.05) is 32.5 Å². The van der Waals surface area contributed by atoms with Gasteiger partial charge in [-0.25, -0.2) is 0 Å². The first-order valence-electron chi connectivity index (χ1n) is 13.4. The molecule has 0 spiro atoms. The Morgan fingerprint density at radius 1 is 1.12 bits per heavy atom. The lowest BCUT2D eigenvalue weighted by Gasteiger charge is -2.25. The molecular weight excluding hydrogens is 542 g/mol. The Bertz CT molecular complexity index is 1170. The number of aldehydes is 1. The molecule has 10 heteroatoms. The standard InChI is InChI=1S/C19H21ClN4O4.C7H9N.C5H12/c1-12(22-18(27)14-3-5-15(20)6-4-14)19(28)23(2)10-17(26)24-9-13(11-25)7-16(24)8-21;1-8-7-5-3-2-4-6-7;1-5(2,3)4/h3-6,11-13,16H,7,9-10H2,1-2H3,(H,22,27);2-6,8H,1H3;1-4H3. The van der Waals surface area contributed by atoms with Gasteiger partial charge in [0.25, 0.3) is 5.91 Å². The average Bonchev–Trinajstić information content (AvgIpc) is 3.36. The molecule has 2 N–H and O–H groups in total. The van der Waals surface area contributed by atoms with Crippen LogP contribution in [0.15, 0.2) is 54.6 Å². The number of amides is 3. The molecule has 0 bridgehead atoms. The van der Waals surface area contributed by atoms with Gasteiger partial charge in [-0.15, -0.1) is 0 Å². The molecule has 1 aliphatic rings. The van der Waals surface area contributed by atoms with E-state index in [4.69, 9.17) is 16.9 Å². The maximum Gasteiger partial charge on any atom is 0.251 e. The average molecular weight is 584 g/mol. The van der Waals surface area contributed by atoms with Crippen LogP contribution in [0.4, 0.5) is 5.69 Å². The van der Waals surface area contributed by atoms with Gasteiger partial charge >= 0.3 is 0 Å². The van der Waals surface area contributed by atoms with E-state index < -0.39 is 29.8 Å². The van der Waals surface area contributed by atoms with Gasteiger partial charge in [0.1, 0.15) is 18.4 Å². The second-order valence-corrected chi connectivity index (χ2v) is 11.8. The van der Waals surface area contributed by atoms with Crippen molar-refractivity contribution in [3.05, 3.63) is 65.2 Å². The van der Waals surface area contributed by atoms with Gasteiger partial charge in [-0.2, -0.15) is 5.26 Å². The number of nitrogens with one attached hydrogen (secondary N) is 2. The van der Waals surface area contributed by atoms with E-state index in [2.05, 4.69) is 38.3 Å². The van der Waals surface area contributed by atoms with E-state index in [-0.39, 0.29) is 19.0 Å². The highest BCUT2D eigenvalue weighted by Gasteiger charge is 2.36. The SMILES string of the molecule is CC(C)(C)C.CC(NC(=O)c1ccc(Cl)cc1)C(=O)N(C)CC(=O)N1CC(C=O)CC1C#N.CNc1ccccc1. The van der Waals surface area contributed by atoms with E-state index in [1.54, 1.807) is 24.3 Å². The molecule has 41 heavy (non-hydrogen) atoms. The summed E-state index contributed by atoms with van der Waals surface area (Å²) in [5.74, 6) is -1.67. The smallest absolute Gasteiger partial charge is 0.251 e. The van der Waals surface area contributed by atoms with Crippen LogP contribution in [-0.4, -0.2) is 73.1 Å². The summed E-state index contributed by atoms with van der Waals surface area (Å²) in [6.07, 6.45) is 1.04. The maximum atomic E-state index is 12.5. The third-order valence-electron chi connectivity index (χ3n) is 5.63. The number of hydrogen-bond donors (Lipinski definition) is 2. The van der Waals surface area contributed by atoms with Crippen LogP contribution in [-0.2, 0) is 14.4 Å². The number of carbonyl (C=O) groups excluding carboxylic acids is 4. The molecular formula is C31H42ClN5O4. The van der Waals surface area contributed by atoms with Crippen molar-refractivity contribution in [2.24, 2.45) is 11.3 Å². The van der Waals surface area contributed by atoms with E-state index >= 15 is 0 Å². The molecule has 0 radical (unpaired) electrons. The summed E-state index contributed by atoms with van der Waals surface area (Å²) in [6.45, 7) is 10.2. The Hall–Kier alpha value is -3.90. The van der Waals surface area contributed by atoms with Crippen LogP contribution < -0.4 is 10.6 Å². The third kappa shape index (κ3) is 13.3. The minimum Gasteiger partial charge on any atom is -0.388 e. The Labute approximate surface area is 248 Å². The van der Waals surface area contributed by atoms with E-state index in [1.807, 2.05) is 43.4 Å². The molecule has 3 rings (SSSR count). The number of carbonyl (C=O) groups is 4. The number of halogens is 1. The Balaban J connectivity index is 0.000000530. The number of nitrogens with zero attached hydrogens (tertiary/aromatic N) is 3. The van der Waals surface area contributed by atoms with Crippen molar-refractivity contribution in [3.63, 3.8) is 0 Å². The topological polar surface area (TPSA) is 123 Å². The van der Waals surface area contributed by atoms with Crippen molar-refractivity contribution in [2.45, 2.75) is 53.1 Å². The first-order valence-corrected chi connectivity index (χ1v) is 13.8. The van der Waals surface area contributed by atoms with E-state index in [1.165, 1.54) is 23.8 Å². The quantitative estimate of drug-likeness (QED) is 0.458. The summed E-state index contributed by atoms with van der Waals surface area (Å²) < 4.78 is 0. The Morgan fingerprint density at radius 3 is 2.15 bits per heavy atom. The number of benzene rings is 2. The Morgan fingerprint density at radius 2 is 1.68 bits per heavy atom. The highest BCUT2D eigenvalue weighted by molar-refractivity contribution is 6.30. The van der Waals surface area contributed by atoms with Gasteiger partial charge in [-0.1, -0.05) is 57.5 Å². The summed E-state index contributed by atoms with van der Waals surface area (Å²) >= 11 is 5.79. The fourth-order valence-corrected chi connectivity index (χ4v) is 3.74. The highest BCUT2D eigenvalue weighted by Crippen LogP contribution is 2.21. The van der Waals surface area contributed by atoms with Crippen LogP contribution >= 0.6 is 11.6 Å². The van der Waals surface area contributed by atoms with E-state index in [0.29, 0.717) is 22.4 Å². The minimum atomic E-state index is -0.853. The summed E-state index contributed by atoms with van der Waals surface area (Å²) in [7, 11) is 3.36. The molecule has 9 nitrogen and oxygen atoms in total. The normalized spacial score (nSPS) is 16.4. The maximum absolute atomic E-state index is 12.5. The summed E-state index contributed by atoms with van der Waals surface area (Å²) in [5.41, 5.74) is 2.02. The molecule has 222 valence electrons. The lowest BCUT2D eigenvalue weighted by atomic mass is 10.0. The molecule has 1 saturated heterocycles. The fraction of sp³-hybridized carbons (Fsp3) is 0.452. The second kappa shape index (κ2) is 17.0. The van der Waals surface area contributed by atoms with Crippen LogP contribution in [0.25, 0.3) is 0 Å². The lowest BCUT2D eigenvalue weighted by Crippen LogP contribution is -2.49. The zero-order valence-electron chi connectivity index (χ0n) is 25.0. The molecule has 2 aromatic carbocycles. The monoisotopic (exact) mass is 583 g/mol. The van der Waals surface area contributed by atoms with Gasteiger partial charge in [-0.05, 0) is 55.2 Å². The zero-order chi connectivity index (χ0) is 31.2. The number of para-hydroxylation sites is 1. The molecule has 3 amide bonds. The number of nitriles is 1. The van der Waals surface area contributed by atoms with Crippen molar-refractivity contribution in [1.29, 1.82) is 5.26 Å². The molecule has 1 heterocycles. The van der Waals surface area contributed by atoms with E-state index in [9.17, 15) is 19.2 Å². The van der Waals surface area contributed by atoms with Crippen molar-refractivity contribution in [3.8, 4) is 6.07 Å². The highest BCUT2D eigenvalue weighted by atomic mass is 35.5. The van der Waals surface area contributed by atoms with E-state index in [0.717, 1.165) is 12.0 Å². The van der Waals surface area contributed by atoms with Crippen LogP contribution in [0, 0.1) is 22.7 Å². The van der Waals surface area contributed by atoms with Crippen LogP contribution in [0.3, 0.4) is 0 Å². The zero-order valence-corrected chi connectivity index (χ0v) is 25.7. The van der Waals surface area contributed by atoms with Gasteiger partial charge in [0.05, 0.1) is 12.6 Å². The summed E-state index contributed by atoms with van der Waals surface area (Å²) in [5, 5.41) is 15.3. The Kier molecular flexibility index (Phi) is 14.6. The van der Waals surface area contributed by atoms with Gasteiger partial charge in [0.2, 0.25) is 11.8 Å². The molecule has 1 aliphatic heterocycles. The molecule has 3 atom stereocenters. The predicted molar refractivity (Wildman–Crippen MR) is 162 cm³/mol. The lowest BCUT2D eigenvalue weighted by molar-refractivity contribution is -0.140.